The van der Waals surface area contributed by atoms with E-state index in [4.69, 9.17) is 0 Å². The van der Waals surface area contributed by atoms with E-state index in [9.17, 15) is 0 Å². The lowest BCUT2D eigenvalue weighted by atomic mass is 10.0. The number of quaternary nitrogens is 1. The van der Waals surface area contributed by atoms with E-state index >= 15 is 0 Å². The fourth-order valence-corrected chi connectivity index (χ4v) is 1.50. The van der Waals surface area contributed by atoms with Gasteiger partial charge in [0.2, 0.25) is 0 Å². The molecule has 1 aromatic rings. The van der Waals surface area contributed by atoms with Gasteiger partial charge in [0.25, 0.3) is 0 Å². The van der Waals surface area contributed by atoms with Gasteiger partial charge in [0.15, 0.2) is 0 Å². The molecule has 1 aliphatic rings. The van der Waals surface area contributed by atoms with Gasteiger partial charge in [-0.1, -0.05) is 0 Å². The van der Waals surface area contributed by atoms with E-state index in [2.05, 4.69) is 37.4 Å². The molecule has 0 N–H and O–H groups in total. The third kappa shape index (κ3) is 3.63. The Kier molecular flexibility index (Phi) is 5.73. The number of likely N-dealkylation sites (N-methyl/N-ethyl adjacent to an activating group) is 1. The molecule has 1 aromatic heterocycles. The highest BCUT2D eigenvalue weighted by molar-refractivity contribution is 5.85. The molecule has 2 rings (SSSR count). The van der Waals surface area contributed by atoms with Gasteiger partial charge in [0.05, 0.1) is 20.3 Å². The van der Waals surface area contributed by atoms with Crippen LogP contribution in [-0.2, 0) is 0 Å². The SMILES string of the molecule is C[N+]1(C)C=CC(c2ccncc2)=CC1.Cl.[Cl-]. The maximum Gasteiger partial charge on any atom is 0.102 e. The van der Waals surface area contributed by atoms with Crippen LogP contribution in [-0.4, -0.2) is 30.1 Å². The zero-order valence-corrected chi connectivity index (χ0v) is 11.0. The molecule has 0 spiro atoms. The van der Waals surface area contributed by atoms with Crippen LogP contribution in [0.25, 0.3) is 5.57 Å². The molecule has 2 heterocycles. The van der Waals surface area contributed by atoms with E-state index < -0.39 is 0 Å². The van der Waals surface area contributed by atoms with Crippen molar-refractivity contribution in [3.05, 3.63) is 48.4 Å². The molecule has 0 aromatic carbocycles. The first-order valence-electron chi connectivity index (χ1n) is 4.80. The van der Waals surface area contributed by atoms with Crippen LogP contribution in [0.4, 0.5) is 0 Å². The van der Waals surface area contributed by atoms with Gasteiger partial charge in [-0.25, -0.2) is 0 Å². The number of pyridine rings is 1. The molecule has 0 amide bonds. The molecular formula is C12H16Cl2N2. The van der Waals surface area contributed by atoms with Crippen LogP contribution >= 0.6 is 12.4 Å². The molecule has 0 bridgehead atoms. The highest BCUT2D eigenvalue weighted by Crippen LogP contribution is 2.20. The minimum atomic E-state index is 0. The zero-order chi connectivity index (χ0) is 10.0. The van der Waals surface area contributed by atoms with Crippen LogP contribution in [0.2, 0.25) is 0 Å². The molecule has 16 heavy (non-hydrogen) atoms. The molecule has 0 saturated heterocycles. The van der Waals surface area contributed by atoms with Gasteiger partial charge in [-0.15, -0.1) is 12.4 Å². The number of halogens is 2. The first kappa shape index (κ1) is 15.2. The van der Waals surface area contributed by atoms with Gasteiger partial charge >= 0.3 is 0 Å². The second-order valence-corrected chi connectivity index (χ2v) is 4.17. The Morgan fingerprint density at radius 1 is 1.19 bits per heavy atom. The Labute approximate surface area is 109 Å². The summed E-state index contributed by atoms with van der Waals surface area (Å²) in [7, 11) is 4.38. The molecule has 0 unspecified atom stereocenters. The van der Waals surface area contributed by atoms with Crippen LogP contribution in [0.3, 0.4) is 0 Å². The van der Waals surface area contributed by atoms with Gasteiger partial charge < -0.3 is 12.4 Å². The van der Waals surface area contributed by atoms with E-state index in [1.807, 2.05) is 24.5 Å². The van der Waals surface area contributed by atoms with Gasteiger partial charge in [0, 0.05) is 12.4 Å². The Morgan fingerprint density at radius 3 is 2.31 bits per heavy atom. The number of aromatic nitrogens is 1. The lowest BCUT2D eigenvalue weighted by Gasteiger charge is -2.26. The molecule has 0 saturated carbocycles. The lowest BCUT2D eigenvalue weighted by molar-refractivity contribution is -0.833. The van der Waals surface area contributed by atoms with E-state index in [1.165, 1.54) is 11.1 Å². The summed E-state index contributed by atoms with van der Waals surface area (Å²) in [5.41, 5.74) is 2.54. The van der Waals surface area contributed by atoms with Crippen LogP contribution in [0.15, 0.2) is 42.9 Å². The van der Waals surface area contributed by atoms with Crippen LogP contribution in [0, 0.1) is 0 Å². The summed E-state index contributed by atoms with van der Waals surface area (Å²) in [6.07, 6.45) is 10.3. The molecule has 0 atom stereocenters. The first-order valence-corrected chi connectivity index (χ1v) is 4.80. The maximum atomic E-state index is 4.01. The summed E-state index contributed by atoms with van der Waals surface area (Å²) >= 11 is 0. The van der Waals surface area contributed by atoms with Crippen molar-refractivity contribution in [3.63, 3.8) is 0 Å². The number of rotatable bonds is 1. The van der Waals surface area contributed by atoms with E-state index in [0.29, 0.717) is 0 Å². The monoisotopic (exact) mass is 258 g/mol. The second kappa shape index (κ2) is 6.04. The van der Waals surface area contributed by atoms with Crippen molar-refractivity contribution < 1.29 is 16.9 Å². The summed E-state index contributed by atoms with van der Waals surface area (Å²) in [6, 6.07) is 4.09. The maximum absolute atomic E-state index is 4.01. The Hall–Kier alpha value is -0.830. The molecule has 0 radical (unpaired) electrons. The van der Waals surface area contributed by atoms with Crippen molar-refractivity contribution in [2.24, 2.45) is 0 Å². The third-order valence-corrected chi connectivity index (χ3v) is 2.45. The van der Waals surface area contributed by atoms with Gasteiger partial charge in [-0.3, -0.25) is 9.47 Å². The molecule has 0 aliphatic carbocycles. The largest absolute Gasteiger partial charge is 1.00 e. The van der Waals surface area contributed by atoms with E-state index in [1.54, 1.807) is 0 Å². The smallest absolute Gasteiger partial charge is 0.102 e. The quantitative estimate of drug-likeness (QED) is 0.619. The summed E-state index contributed by atoms with van der Waals surface area (Å²) in [4.78, 5) is 4.01. The molecule has 2 nitrogen and oxygen atoms in total. The second-order valence-electron chi connectivity index (χ2n) is 4.17. The third-order valence-electron chi connectivity index (χ3n) is 2.45. The van der Waals surface area contributed by atoms with Crippen molar-refractivity contribution in [1.82, 2.24) is 4.98 Å². The molecular weight excluding hydrogens is 243 g/mol. The van der Waals surface area contributed by atoms with Crippen LogP contribution in [0.1, 0.15) is 5.56 Å². The van der Waals surface area contributed by atoms with Crippen molar-refractivity contribution >= 4 is 18.0 Å². The van der Waals surface area contributed by atoms with Gasteiger partial charge in [-0.2, -0.15) is 0 Å². The minimum Gasteiger partial charge on any atom is -1.00 e. The molecule has 1 aliphatic heterocycles. The highest BCUT2D eigenvalue weighted by Gasteiger charge is 2.14. The fourth-order valence-electron chi connectivity index (χ4n) is 1.50. The van der Waals surface area contributed by atoms with Gasteiger partial charge in [-0.05, 0) is 35.4 Å². The predicted molar refractivity (Wildman–Crippen MR) is 65.6 cm³/mol. The lowest BCUT2D eigenvalue weighted by Crippen LogP contribution is -3.00. The van der Waals surface area contributed by atoms with Crippen molar-refractivity contribution in [2.75, 3.05) is 20.6 Å². The standard InChI is InChI=1S/C12H15N2.2ClH/c1-14(2)9-5-12(6-10-14)11-3-7-13-8-4-11;;/h3-9H,10H2,1-2H3;2*1H/q+1;;/p-1. The molecule has 88 valence electrons. The average Bonchev–Trinajstić information content (AvgIpc) is 2.19. The van der Waals surface area contributed by atoms with Crippen LogP contribution in [0.5, 0.6) is 0 Å². The van der Waals surface area contributed by atoms with Crippen molar-refractivity contribution in [2.45, 2.75) is 0 Å². The fraction of sp³-hybridized carbons (Fsp3) is 0.250. The Morgan fingerprint density at radius 2 is 1.81 bits per heavy atom. The van der Waals surface area contributed by atoms with Crippen molar-refractivity contribution in [3.8, 4) is 0 Å². The molecule has 0 fully saturated rings. The van der Waals surface area contributed by atoms with Crippen molar-refractivity contribution in [1.29, 1.82) is 0 Å². The minimum absolute atomic E-state index is 0. The summed E-state index contributed by atoms with van der Waals surface area (Å²) < 4.78 is 0.925. The zero-order valence-electron chi connectivity index (χ0n) is 9.43. The molecule has 4 heteroatoms. The number of hydrogen-bond acceptors (Lipinski definition) is 1. The normalized spacial score (nSPS) is 16.8. The summed E-state index contributed by atoms with van der Waals surface area (Å²) in [5.74, 6) is 0. The number of allylic oxidation sites excluding steroid dienone is 2. The predicted octanol–water partition coefficient (Wildman–Crippen LogP) is -0.506. The number of nitrogens with zero attached hydrogens (tertiary/aromatic N) is 2. The van der Waals surface area contributed by atoms with E-state index in [-0.39, 0.29) is 24.8 Å². The average molecular weight is 259 g/mol. The topological polar surface area (TPSA) is 12.9 Å². The summed E-state index contributed by atoms with van der Waals surface area (Å²) in [5, 5.41) is 0. The Bertz CT molecular complexity index is 383. The number of hydrogen-bond donors (Lipinski definition) is 0. The highest BCUT2D eigenvalue weighted by atomic mass is 35.5. The van der Waals surface area contributed by atoms with E-state index in [0.717, 1.165) is 11.0 Å². The van der Waals surface area contributed by atoms with Gasteiger partial charge in [0.1, 0.15) is 6.54 Å². The summed E-state index contributed by atoms with van der Waals surface area (Å²) in [6.45, 7) is 1.05. The van der Waals surface area contributed by atoms with Crippen LogP contribution < -0.4 is 12.4 Å². The Balaban J connectivity index is 0.00000112. The first-order chi connectivity index (χ1) is 6.67.